The van der Waals surface area contributed by atoms with Crippen LogP contribution in [0.5, 0.6) is 11.6 Å². The van der Waals surface area contributed by atoms with Gasteiger partial charge in [-0.1, -0.05) is 23.2 Å². The Balaban J connectivity index is 2.38. The molecule has 0 unspecified atom stereocenters. The normalized spacial score (nSPS) is 10.3. The Morgan fingerprint density at radius 1 is 1.19 bits per heavy atom. The van der Waals surface area contributed by atoms with Crippen molar-refractivity contribution in [3.05, 3.63) is 39.8 Å². The molecule has 2 N–H and O–H groups in total. The van der Waals surface area contributed by atoms with E-state index in [1.165, 1.54) is 19.2 Å². The summed E-state index contributed by atoms with van der Waals surface area (Å²) in [6.07, 6.45) is 0. The number of nitrogens with zero attached hydrogens (tertiary/aromatic N) is 2. The number of benzene rings is 1. The summed E-state index contributed by atoms with van der Waals surface area (Å²) in [5, 5.41) is 0.607. The van der Waals surface area contributed by atoms with Crippen LogP contribution in [0.2, 0.25) is 10.0 Å². The molecule has 0 aliphatic rings. The maximum absolute atomic E-state index is 11.5. The molecule has 2 rings (SSSR count). The Hall–Kier alpha value is -2.05. The number of methoxy groups -OCH3 is 1. The smallest absolute Gasteiger partial charge is 0.376 e. The fraction of sp³-hybridized carbons (Fsp3) is 0.154. The van der Waals surface area contributed by atoms with E-state index >= 15 is 0 Å². The summed E-state index contributed by atoms with van der Waals surface area (Å²) in [6.45, 7) is 1.69. The molecule has 8 heteroatoms. The van der Waals surface area contributed by atoms with E-state index in [0.29, 0.717) is 21.4 Å². The van der Waals surface area contributed by atoms with E-state index in [1.807, 2.05) is 0 Å². The maximum Gasteiger partial charge on any atom is 0.376 e. The number of rotatable bonds is 3. The number of aryl methyl sites for hydroxylation is 1. The number of hydrogen-bond donors (Lipinski definition) is 1. The fourth-order valence-electron chi connectivity index (χ4n) is 1.52. The van der Waals surface area contributed by atoms with Crippen molar-refractivity contribution in [2.24, 2.45) is 0 Å². The van der Waals surface area contributed by atoms with Gasteiger partial charge in [0.05, 0.1) is 22.8 Å². The van der Waals surface area contributed by atoms with Gasteiger partial charge in [-0.15, -0.1) is 0 Å². The summed E-state index contributed by atoms with van der Waals surface area (Å²) >= 11 is 11.8. The molecule has 1 aromatic carbocycles. The predicted octanol–water partition coefficient (Wildman–Crippen LogP) is 3.25. The predicted molar refractivity (Wildman–Crippen MR) is 79.1 cm³/mol. The third-order valence-electron chi connectivity index (χ3n) is 2.47. The molecule has 110 valence electrons. The summed E-state index contributed by atoms with van der Waals surface area (Å²) in [5.74, 6) is -0.344. The lowest BCUT2D eigenvalue weighted by Gasteiger charge is -2.10. The summed E-state index contributed by atoms with van der Waals surface area (Å²) in [6, 6.07) is 4.48. The average molecular weight is 328 g/mol. The van der Waals surface area contributed by atoms with Crippen molar-refractivity contribution in [2.75, 3.05) is 12.8 Å². The highest BCUT2D eigenvalue weighted by atomic mass is 35.5. The van der Waals surface area contributed by atoms with E-state index in [4.69, 9.17) is 33.7 Å². The van der Waals surface area contributed by atoms with E-state index in [0.717, 1.165) is 0 Å². The Bertz CT molecular complexity index is 707. The van der Waals surface area contributed by atoms with Crippen molar-refractivity contribution in [3.8, 4) is 11.6 Å². The zero-order chi connectivity index (χ0) is 15.6. The highest BCUT2D eigenvalue weighted by molar-refractivity contribution is 6.42. The number of esters is 1. The molecule has 1 heterocycles. The Kier molecular flexibility index (Phi) is 4.50. The van der Waals surface area contributed by atoms with Gasteiger partial charge in [0.15, 0.2) is 5.75 Å². The molecule has 0 saturated carbocycles. The number of aromatic nitrogens is 2. The average Bonchev–Trinajstić information content (AvgIpc) is 2.43. The second-order valence-corrected chi connectivity index (χ2v) is 4.88. The Morgan fingerprint density at radius 3 is 2.52 bits per heavy atom. The summed E-state index contributed by atoms with van der Waals surface area (Å²) in [5.41, 5.74) is 6.63. The maximum atomic E-state index is 11.5. The highest BCUT2D eigenvalue weighted by Gasteiger charge is 2.14. The van der Waals surface area contributed by atoms with Crippen LogP contribution in [-0.2, 0) is 4.74 Å². The number of halogens is 2. The van der Waals surface area contributed by atoms with Gasteiger partial charge in [0, 0.05) is 17.8 Å². The molecule has 0 amide bonds. The highest BCUT2D eigenvalue weighted by Crippen LogP contribution is 2.34. The first-order valence-corrected chi connectivity index (χ1v) is 6.52. The lowest BCUT2D eigenvalue weighted by atomic mass is 10.3. The topological polar surface area (TPSA) is 87.3 Å². The van der Waals surface area contributed by atoms with Crippen molar-refractivity contribution < 1.29 is 14.3 Å². The first-order valence-electron chi connectivity index (χ1n) is 5.77. The molecule has 0 saturated heterocycles. The van der Waals surface area contributed by atoms with Gasteiger partial charge >= 0.3 is 5.97 Å². The number of carbonyl (C=O) groups is 1. The van der Waals surface area contributed by atoms with Crippen LogP contribution >= 0.6 is 23.2 Å². The van der Waals surface area contributed by atoms with Crippen LogP contribution in [0.1, 0.15) is 16.3 Å². The molecule has 0 fully saturated rings. The molecule has 0 aliphatic carbocycles. The molecule has 0 radical (unpaired) electrons. The number of ether oxygens (including phenoxy) is 2. The SMILES string of the molecule is COC(=O)c1nc(C)cc(Oc2cc(Cl)c(Cl)cc2N)n1. The van der Waals surface area contributed by atoms with Gasteiger partial charge in [0.25, 0.3) is 0 Å². The minimum absolute atomic E-state index is 0.105. The monoisotopic (exact) mass is 327 g/mol. The van der Waals surface area contributed by atoms with E-state index in [1.54, 1.807) is 13.0 Å². The quantitative estimate of drug-likeness (QED) is 0.687. The van der Waals surface area contributed by atoms with E-state index in [-0.39, 0.29) is 17.5 Å². The van der Waals surface area contributed by atoms with Crippen molar-refractivity contribution in [3.63, 3.8) is 0 Å². The molecule has 1 aromatic heterocycles. The van der Waals surface area contributed by atoms with Crippen molar-refractivity contribution >= 4 is 34.9 Å². The largest absolute Gasteiger partial charge is 0.463 e. The number of anilines is 1. The van der Waals surface area contributed by atoms with Gasteiger partial charge in [0.2, 0.25) is 11.7 Å². The zero-order valence-corrected chi connectivity index (χ0v) is 12.7. The van der Waals surface area contributed by atoms with E-state index < -0.39 is 5.97 Å². The molecular weight excluding hydrogens is 317 g/mol. The second kappa shape index (κ2) is 6.15. The van der Waals surface area contributed by atoms with Gasteiger partial charge in [0.1, 0.15) is 0 Å². The molecule has 0 spiro atoms. The standard InChI is InChI=1S/C13H11Cl2N3O3/c1-6-3-11(18-12(17-6)13(19)20-2)21-10-5-8(15)7(14)4-9(10)16/h3-5H,16H2,1-2H3. The van der Waals surface area contributed by atoms with Crippen molar-refractivity contribution in [2.45, 2.75) is 6.92 Å². The van der Waals surface area contributed by atoms with Gasteiger partial charge in [-0.05, 0) is 13.0 Å². The first kappa shape index (κ1) is 15.3. The molecule has 21 heavy (non-hydrogen) atoms. The van der Waals surface area contributed by atoms with Crippen LogP contribution < -0.4 is 10.5 Å². The number of nitrogens with two attached hydrogens (primary N) is 1. The molecule has 2 aromatic rings. The van der Waals surface area contributed by atoms with Crippen LogP contribution in [-0.4, -0.2) is 23.0 Å². The lowest BCUT2D eigenvalue weighted by Crippen LogP contribution is -2.09. The number of hydrogen-bond acceptors (Lipinski definition) is 6. The first-order chi connectivity index (χ1) is 9.90. The van der Waals surface area contributed by atoms with Crippen LogP contribution in [0.3, 0.4) is 0 Å². The molecular formula is C13H11Cl2N3O3. The number of carbonyl (C=O) groups excluding carboxylic acids is 1. The summed E-state index contributed by atoms with van der Waals surface area (Å²) in [7, 11) is 1.24. The third-order valence-corrected chi connectivity index (χ3v) is 3.19. The van der Waals surface area contributed by atoms with Gasteiger partial charge < -0.3 is 15.2 Å². The minimum Gasteiger partial charge on any atom is -0.463 e. The van der Waals surface area contributed by atoms with Gasteiger partial charge in [-0.25, -0.2) is 9.78 Å². The molecule has 0 aliphatic heterocycles. The Morgan fingerprint density at radius 2 is 1.86 bits per heavy atom. The van der Waals surface area contributed by atoms with Crippen LogP contribution in [0.15, 0.2) is 18.2 Å². The lowest BCUT2D eigenvalue weighted by molar-refractivity contribution is 0.0585. The van der Waals surface area contributed by atoms with E-state index in [2.05, 4.69) is 14.7 Å². The van der Waals surface area contributed by atoms with Crippen LogP contribution in [0, 0.1) is 6.92 Å². The fourth-order valence-corrected chi connectivity index (χ4v) is 1.85. The van der Waals surface area contributed by atoms with Crippen LogP contribution in [0.4, 0.5) is 5.69 Å². The molecule has 6 nitrogen and oxygen atoms in total. The number of nitrogen functional groups attached to an aromatic ring is 1. The zero-order valence-electron chi connectivity index (χ0n) is 11.2. The molecule has 0 bridgehead atoms. The Labute approximate surface area is 130 Å². The van der Waals surface area contributed by atoms with Crippen molar-refractivity contribution in [1.82, 2.24) is 9.97 Å². The second-order valence-electron chi connectivity index (χ2n) is 4.07. The summed E-state index contributed by atoms with van der Waals surface area (Å²) < 4.78 is 10.1. The van der Waals surface area contributed by atoms with Gasteiger partial charge in [-0.3, -0.25) is 0 Å². The summed E-state index contributed by atoms with van der Waals surface area (Å²) in [4.78, 5) is 19.4. The third kappa shape index (κ3) is 3.53. The van der Waals surface area contributed by atoms with Gasteiger partial charge in [-0.2, -0.15) is 4.98 Å². The minimum atomic E-state index is -0.661. The van der Waals surface area contributed by atoms with E-state index in [9.17, 15) is 4.79 Å². The molecule has 0 atom stereocenters. The van der Waals surface area contributed by atoms with Crippen molar-refractivity contribution in [1.29, 1.82) is 0 Å². The van der Waals surface area contributed by atoms with Crippen LogP contribution in [0.25, 0.3) is 0 Å².